The molecule has 0 spiro atoms. The van der Waals surface area contributed by atoms with Crippen LogP contribution in [0.1, 0.15) is 0 Å². The molecule has 124 valence electrons. The van der Waals surface area contributed by atoms with Crippen LogP contribution in [0.15, 0.2) is 48.7 Å². The van der Waals surface area contributed by atoms with Gasteiger partial charge >= 0.3 is 0 Å². The lowest BCUT2D eigenvalue weighted by Gasteiger charge is -2.35. The maximum absolute atomic E-state index is 6.08. The van der Waals surface area contributed by atoms with Crippen LogP contribution in [0.2, 0.25) is 0 Å². The van der Waals surface area contributed by atoms with E-state index in [2.05, 4.69) is 24.8 Å². The molecule has 2 aromatic heterocycles. The number of nitrogens with two attached hydrogens (primary N) is 1. The SMILES string of the molecule is Nc1nc(N2CCN(c3ccccn3)CC2)nc2ccccc12.[Cl-]. The third-order valence-electron chi connectivity index (χ3n) is 4.16. The lowest BCUT2D eigenvalue weighted by Crippen LogP contribution is -3.00. The third kappa shape index (κ3) is 3.05. The van der Waals surface area contributed by atoms with Gasteiger partial charge in [-0.25, -0.2) is 9.97 Å². The maximum atomic E-state index is 6.08. The Morgan fingerprint density at radius 2 is 1.54 bits per heavy atom. The number of hydrogen-bond acceptors (Lipinski definition) is 6. The van der Waals surface area contributed by atoms with Gasteiger partial charge in [0, 0.05) is 37.8 Å². The molecule has 0 aliphatic carbocycles. The van der Waals surface area contributed by atoms with Gasteiger partial charge in [0.25, 0.3) is 0 Å². The lowest BCUT2D eigenvalue weighted by molar-refractivity contribution is -0.00000479. The van der Waals surface area contributed by atoms with E-state index in [0.29, 0.717) is 11.8 Å². The summed E-state index contributed by atoms with van der Waals surface area (Å²) in [6, 6.07) is 13.8. The molecule has 7 heteroatoms. The number of nitrogens with zero attached hydrogens (tertiary/aromatic N) is 5. The molecule has 1 saturated heterocycles. The number of rotatable bonds is 2. The van der Waals surface area contributed by atoms with Crippen molar-refractivity contribution >= 4 is 28.5 Å². The minimum Gasteiger partial charge on any atom is -1.00 e. The highest BCUT2D eigenvalue weighted by molar-refractivity contribution is 5.88. The maximum Gasteiger partial charge on any atom is 0.228 e. The average Bonchev–Trinajstić information content (AvgIpc) is 2.63. The summed E-state index contributed by atoms with van der Waals surface area (Å²) in [6.45, 7) is 3.50. The molecular formula is C17H18ClN6-. The Balaban J connectivity index is 0.00000169. The van der Waals surface area contributed by atoms with Crippen LogP contribution >= 0.6 is 0 Å². The summed E-state index contributed by atoms with van der Waals surface area (Å²) < 4.78 is 0. The van der Waals surface area contributed by atoms with Gasteiger partial charge in [-0.05, 0) is 24.3 Å². The van der Waals surface area contributed by atoms with Gasteiger partial charge in [-0.1, -0.05) is 18.2 Å². The Morgan fingerprint density at radius 3 is 2.29 bits per heavy atom. The van der Waals surface area contributed by atoms with Crippen LogP contribution in [0.3, 0.4) is 0 Å². The van der Waals surface area contributed by atoms with Crippen molar-refractivity contribution in [2.75, 3.05) is 41.7 Å². The molecule has 24 heavy (non-hydrogen) atoms. The predicted octanol–water partition coefficient (Wildman–Crippen LogP) is -1.06. The molecule has 1 aromatic carbocycles. The summed E-state index contributed by atoms with van der Waals surface area (Å²) in [7, 11) is 0. The first-order valence-corrected chi connectivity index (χ1v) is 7.74. The van der Waals surface area contributed by atoms with Crippen LogP contribution in [0.4, 0.5) is 17.6 Å². The number of pyridine rings is 1. The van der Waals surface area contributed by atoms with Crippen LogP contribution < -0.4 is 27.9 Å². The topological polar surface area (TPSA) is 71.2 Å². The Morgan fingerprint density at radius 1 is 0.833 bits per heavy atom. The van der Waals surface area contributed by atoms with E-state index in [-0.39, 0.29) is 12.4 Å². The molecule has 1 aliphatic heterocycles. The van der Waals surface area contributed by atoms with Gasteiger partial charge in [-0.3, -0.25) is 0 Å². The molecule has 2 N–H and O–H groups in total. The predicted molar refractivity (Wildman–Crippen MR) is 92.6 cm³/mol. The van der Waals surface area contributed by atoms with Crippen molar-refractivity contribution < 1.29 is 12.4 Å². The summed E-state index contributed by atoms with van der Waals surface area (Å²) in [4.78, 5) is 18.0. The quantitative estimate of drug-likeness (QED) is 0.640. The van der Waals surface area contributed by atoms with Crippen molar-refractivity contribution in [2.45, 2.75) is 0 Å². The summed E-state index contributed by atoms with van der Waals surface area (Å²) in [5.41, 5.74) is 6.97. The zero-order valence-electron chi connectivity index (χ0n) is 13.1. The number of para-hydroxylation sites is 1. The van der Waals surface area contributed by atoms with Gasteiger partial charge in [0.2, 0.25) is 5.95 Å². The Kier molecular flexibility index (Phi) is 4.66. The second kappa shape index (κ2) is 6.88. The molecule has 0 bridgehead atoms. The zero-order valence-corrected chi connectivity index (χ0v) is 13.9. The van der Waals surface area contributed by atoms with Gasteiger partial charge in [-0.15, -0.1) is 0 Å². The molecule has 6 nitrogen and oxygen atoms in total. The first-order valence-electron chi connectivity index (χ1n) is 7.74. The minimum atomic E-state index is 0. The molecule has 3 heterocycles. The van der Waals surface area contributed by atoms with E-state index < -0.39 is 0 Å². The van der Waals surface area contributed by atoms with Crippen molar-refractivity contribution in [3.63, 3.8) is 0 Å². The number of nitrogen functional groups attached to an aromatic ring is 1. The van der Waals surface area contributed by atoms with Gasteiger partial charge in [0.05, 0.1) is 5.52 Å². The molecule has 0 radical (unpaired) electrons. The molecule has 4 rings (SSSR count). The van der Waals surface area contributed by atoms with Crippen molar-refractivity contribution in [3.8, 4) is 0 Å². The van der Waals surface area contributed by atoms with E-state index in [1.165, 1.54) is 0 Å². The molecule has 0 atom stereocenters. The second-order valence-electron chi connectivity index (χ2n) is 5.59. The zero-order chi connectivity index (χ0) is 15.6. The van der Waals surface area contributed by atoms with E-state index in [9.17, 15) is 0 Å². The fourth-order valence-electron chi connectivity index (χ4n) is 2.91. The standard InChI is InChI=1S/C17H18N6.ClH/c18-16-13-5-1-2-6-14(13)20-17(21-16)23-11-9-22(10-12-23)15-7-3-4-8-19-15;/h1-8H,9-12H2,(H2,18,20,21);1H/p-1. The fourth-order valence-corrected chi connectivity index (χ4v) is 2.91. The number of fused-ring (bicyclic) bond motifs is 1. The monoisotopic (exact) mass is 341 g/mol. The van der Waals surface area contributed by atoms with Crippen LogP contribution in [0.25, 0.3) is 10.9 Å². The highest BCUT2D eigenvalue weighted by Gasteiger charge is 2.20. The number of halogens is 1. The van der Waals surface area contributed by atoms with Crippen molar-refractivity contribution in [2.24, 2.45) is 0 Å². The van der Waals surface area contributed by atoms with Crippen molar-refractivity contribution in [1.29, 1.82) is 0 Å². The molecule has 1 aliphatic rings. The molecular weight excluding hydrogens is 324 g/mol. The van der Waals surface area contributed by atoms with Gasteiger partial charge < -0.3 is 27.9 Å². The van der Waals surface area contributed by atoms with Crippen LogP contribution in [-0.2, 0) is 0 Å². The summed E-state index contributed by atoms with van der Waals surface area (Å²) in [6.07, 6.45) is 1.83. The first-order chi connectivity index (χ1) is 11.3. The van der Waals surface area contributed by atoms with Crippen LogP contribution in [0.5, 0.6) is 0 Å². The molecule has 0 unspecified atom stereocenters. The Hall–Kier alpha value is -2.60. The van der Waals surface area contributed by atoms with Crippen molar-refractivity contribution in [3.05, 3.63) is 48.7 Å². The highest BCUT2D eigenvalue weighted by Crippen LogP contribution is 2.22. The van der Waals surface area contributed by atoms with Gasteiger partial charge in [0.15, 0.2) is 0 Å². The van der Waals surface area contributed by atoms with E-state index in [4.69, 9.17) is 5.73 Å². The molecule has 3 aromatic rings. The summed E-state index contributed by atoms with van der Waals surface area (Å²) >= 11 is 0. The number of benzene rings is 1. The van der Waals surface area contributed by atoms with E-state index in [0.717, 1.165) is 42.9 Å². The highest BCUT2D eigenvalue weighted by atomic mass is 35.5. The number of aromatic nitrogens is 3. The second-order valence-corrected chi connectivity index (χ2v) is 5.59. The summed E-state index contributed by atoms with van der Waals surface area (Å²) in [5, 5.41) is 0.906. The van der Waals surface area contributed by atoms with Crippen molar-refractivity contribution in [1.82, 2.24) is 15.0 Å². The smallest absolute Gasteiger partial charge is 0.228 e. The van der Waals surface area contributed by atoms with E-state index in [1.807, 2.05) is 48.7 Å². The van der Waals surface area contributed by atoms with Crippen LogP contribution in [0, 0.1) is 0 Å². The number of hydrogen-bond donors (Lipinski definition) is 1. The molecule has 1 fully saturated rings. The first kappa shape index (κ1) is 16.3. The molecule has 0 amide bonds. The molecule has 0 saturated carbocycles. The Labute approximate surface area is 146 Å². The van der Waals surface area contributed by atoms with E-state index >= 15 is 0 Å². The lowest BCUT2D eigenvalue weighted by atomic mass is 10.2. The number of piperazine rings is 1. The minimum absolute atomic E-state index is 0. The van der Waals surface area contributed by atoms with Crippen LogP contribution in [-0.4, -0.2) is 41.1 Å². The number of anilines is 3. The van der Waals surface area contributed by atoms with Gasteiger partial charge in [-0.2, -0.15) is 4.98 Å². The normalized spacial score (nSPS) is 14.5. The Bertz CT molecular complexity index is 818. The largest absolute Gasteiger partial charge is 1.00 e. The van der Waals surface area contributed by atoms with Gasteiger partial charge in [0.1, 0.15) is 11.6 Å². The third-order valence-corrected chi connectivity index (χ3v) is 4.16. The fraction of sp³-hybridized carbons (Fsp3) is 0.235. The van der Waals surface area contributed by atoms with E-state index in [1.54, 1.807) is 0 Å². The summed E-state index contributed by atoms with van der Waals surface area (Å²) in [5.74, 6) is 2.27. The average molecular weight is 342 g/mol.